The van der Waals surface area contributed by atoms with E-state index in [0.29, 0.717) is 6.54 Å². The highest BCUT2D eigenvalue weighted by Gasteiger charge is 2.50. The van der Waals surface area contributed by atoms with Crippen molar-refractivity contribution < 1.29 is 19.1 Å². The van der Waals surface area contributed by atoms with Crippen LogP contribution in [0.3, 0.4) is 0 Å². The van der Waals surface area contributed by atoms with E-state index in [1.54, 1.807) is 16.9 Å². The Morgan fingerprint density at radius 1 is 1.32 bits per heavy atom. The summed E-state index contributed by atoms with van der Waals surface area (Å²) in [4.78, 5) is 27.5. The van der Waals surface area contributed by atoms with Gasteiger partial charge in [-0.1, -0.05) is 0 Å². The molecule has 2 aliphatic heterocycles. The van der Waals surface area contributed by atoms with Crippen LogP contribution >= 0.6 is 15.9 Å². The Hall–Kier alpha value is -1.76. The Morgan fingerprint density at radius 2 is 2.05 bits per heavy atom. The normalized spacial score (nSPS) is 22.4. The van der Waals surface area contributed by atoms with Gasteiger partial charge in [0, 0.05) is 19.4 Å². The fourth-order valence-electron chi connectivity index (χ4n) is 3.45. The van der Waals surface area contributed by atoms with Crippen LogP contribution in [0.1, 0.15) is 24.8 Å². The van der Waals surface area contributed by atoms with Gasteiger partial charge in [0.05, 0.1) is 24.4 Å². The molecule has 7 heteroatoms. The summed E-state index contributed by atoms with van der Waals surface area (Å²) in [5.74, 6) is 0.709. The lowest BCUT2D eigenvalue weighted by atomic mass is 9.98. The van der Waals surface area contributed by atoms with E-state index in [4.69, 9.17) is 9.47 Å². The van der Waals surface area contributed by atoms with Crippen molar-refractivity contribution in [3.63, 3.8) is 0 Å². The number of carbonyl (C=O) groups excluding carboxylic acids is 2. The lowest BCUT2D eigenvalue weighted by Crippen LogP contribution is -2.48. The van der Waals surface area contributed by atoms with E-state index in [9.17, 15) is 9.59 Å². The minimum atomic E-state index is -0.405. The summed E-state index contributed by atoms with van der Waals surface area (Å²) in [6.07, 6.45) is 0.0676. The number of hydrogen-bond donors (Lipinski definition) is 0. The van der Waals surface area contributed by atoms with Crippen LogP contribution < -0.4 is 9.64 Å². The molecule has 2 atom stereocenters. The van der Waals surface area contributed by atoms with Gasteiger partial charge in [0.2, 0.25) is 5.91 Å². The molecule has 22 heavy (non-hydrogen) atoms. The number of anilines is 1. The smallest absolute Gasteiger partial charge is 0.411 e. The van der Waals surface area contributed by atoms with Gasteiger partial charge in [-0.25, -0.2) is 4.79 Å². The summed E-state index contributed by atoms with van der Waals surface area (Å²) in [6, 6.07) is 3.82. The fraction of sp³-hybridized carbons (Fsp3) is 0.467. The molecular formula is C15H17BrN2O4. The van der Waals surface area contributed by atoms with E-state index in [1.165, 1.54) is 14.0 Å². The summed E-state index contributed by atoms with van der Waals surface area (Å²) >= 11 is 3.46. The molecule has 3 rings (SSSR count). The van der Waals surface area contributed by atoms with Crippen LogP contribution in [0.2, 0.25) is 0 Å². The monoisotopic (exact) mass is 368 g/mol. The summed E-state index contributed by atoms with van der Waals surface area (Å²) < 4.78 is 11.0. The van der Waals surface area contributed by atoms with Crippen molar-refractivity contribution in [3.8, 4) is 5.75 Å². The molecule has 2 unspecified atom stereocenters. The Morgan fingerprint density at radius 3 is 2.64 bits per heavy atom. The van der Waals surface area contributed by atoms with Gasteiger partial charge in [-0.2, -0.15) is 0 Å². The molecule has 0 spiro atoms. The second-order valence-electron chi connectivity index (χ2n) is 5.41. The average Bonchev–Trinajstić information content (AvgIpc) is 3.02. The van der Waals surface area contributed by atoms with Crippen LogP contribution in [0.25, 0.3) is 0 Å². The molecule has 1 aromatic carbocycles. The predicted octanol–water partition coefficient (Wildman–Crippen LogP) is 2.71. The third kappa shape index (κ3) is 2.06. The van der Waals surface area contributed by atoms with Gasteiger partial charge >= 0.3 is 6.09 Å². The highest BCUT2D eigenvalue weighted by Crippen LogP contribution is 2.50. The Balaban J connectivity index is 2.11. The van der Waals surface area contributed by atoms with Crippen molar-refractivity contribution in [2.24, 2.45) is 0 Å². The van der Waals surface area contributed by atoms with E-state index in [0.717, 1.165) is 27.9 Å². The molecule has 1 aromatic rings. The van der Waals surface area contributed by atoms with Crippen molar-refractivity contribution in [3.05, 3.63) is 22.2 Å². The minimum Gasteiger partial charge on any atom is -0.496 e. The molecule has 1 fully saturated rings. The van der Waals surface area contributed by atoms with E-state index in [2.05, 4.69) is 15.9 Å². The molecule has 2 heterocycles. The fourth-order valence-corrected chi connectivity index (χ4v) is 3.94. The average molecular weight is 369 g/mol. The second kappa shape index (κ2) is 5.46. The lowest BCUT2D eigenvalue weighted by Gasteiger charge is -2.30. The van der Waals surface area contributed by atoms with Crippen LogP contribution in [0, 0.1) is 0 Å². The molecule has 1 saturated heterocycles. The van der Waals surface area contributed by atoms with Crippen molar-refractivity contribution in [1.82, 2.24) is 4.90 Å². The molecular weight excluding hydrogens is 352 g/mol. The number of likely N-dealkylation sites (tertiary alicyclic amines) is 1. The molecule has 0 aliphatic carbocycles. The molecule has 2 amide bonds. The first-order chi connectivity index (χ1) is 10.5. The molecule has 0 aromatic heterocycles. The van der Waals surface area contributed by atoms with Crippen molar-refractivity contribution in [2.75, 3.05) is 25.7 Å². The summed E-state index contributed by atoms with van der Waals surface area (Å²) in [5, 5.41) is 0. The van der Waals surface area contributed by atoms with Crippen LogP contribution in [0.15, 0.2) is 16.6 Å². The number of fused-ring (bicyclic) bond motifs is 3. The zero-order chi connectivity index (χ0) is 16.0. The van der Waals surface area contributed by atoms with Gasteiger partial charge in [0.25, 0.3) is 0 Å². The summed E-state index contributed by atoms with van der Waals surface area (Å²) in [5.41, 5.74) is 1.86. The van der Waals surface area contributed by atoms with Gasteiger partial charge in [0.15, 0.2) is 0 Å². The first-order valence-electron chi connectivity index (χ1n) is 7.01. The van der Waals surface area contributed by atoms with E-state index in [-0.39, 0.29) is 18.0 Å². The third-order valence-electron chi connectivity index (χ3n) is 4.33. The molecule has 0 saturated carbocycles. The Labute approximate surface area is 137 Å². The highest BCUT2D eigenvalue weighted by molar-refractivity contribution is 9.10. The maximum absolute atomic E-state index is 12.2. The number of nitrogens with zero attached hydrogens (tertiary/aromatic N) is 2. The van der Waals surface area contributed by atoms with Crippen LogP contribution in [-0.2, 0) is 9.53 Å². The van der Waals surface area contributed by atoms with Gasteiger partial charge in [-0.15, -0.1) is 0 Å². The SMILES string of the molecule is COC(=O)N1CCC2c3cc(OC)c(Br)cc3N(C(C)=O)C21. The molecule has 2 aliphatic rings. The van der Waals surface area contributed by atoms with E-state index >= 15 is 0 Å². The number of methoxy groups -OCH3 is 2. The van der Waals surface area contributed by atoms with E-state index in [1.807, 2.05) is 12.1 Å². The van der Waals surface area contributed by atoms with Gasteiger partial charge in [0.1, 0.15) is 11.9 Å². The number of carbonyl (C=O) groups is 2. The predicted molar refractivity (Wildman–Crippen MR) is 84.1 cm³/mol. The highest BCUT2D eigenvalue weighted by atomic mass is 79.9. The Bertz CT molecular complexity index is 649. The molecule has 6 nitrogen and oxygen atoms in total. The first-order valence-corrected chi connectivity index (χ1v) is 7.80. The second-order valence-corrected chi connectivity index (χ2v) is 6.26. The van der Waals surface area contributed by atoms with E-state index < -0.39 is 6.09 Å². The largest absolute Gasteiger partial charge is 0.496 e. The number of halogens is 1. The van der Waals surface area contributed by atoms with Gasteiger partial charge in [-0.05, 0) is 40.0 Å². The number of ether oxygens (including phenoxy) is 2. The van der Waals surface area contributed by atoms with Crippen LogP contribution in [0.4, 0.5) is 10.5 Å². The molecule has 0 bridgehead atoms. The third-order valence-corrected chi connectivity index (χ3v) is 4.95. The Kier molecular flexibility index (Phi) is 3.76. The zero-order valence-corrected chi connectivity index (χ0v) is 14.2. The lowest BCUT2D eigenvalue weighted by molar-refractivity contribution is -0.117. The van der Waals surface area contributed by atoms with Crippen molar-refractivity contribution >= 4 is 33.6 Å². The quantitative estimate of drug-likeness (QED) is 0.764. The van der Waals surface area contributed by atoms with Crippen LogP contribution in [-0.4, -0.2) is 43.8 Å². The van der Waals surface area contributed by atoms with Crippen LogP contribution in [0.5, 0.6) is 5.75 Å². The standard InChI is InChI=1S/C15H17BrN2O4/c1-8(19)18-12-7-11(16)13(21-2)6-10(12)9-4-5-17(14(9)18)15(20)22-3/h6-7,9,14H,4-5H2,1-3H3. The maximum atomic E-state index is 12.2. The number of amides is 2. The first kappa shape index (κ1) is 15.1. The number of benzene rings is 1. The van der Waals surface area contributed by atoms with Gasteiger partial charge < -0.3 is 9.47 Å². The summed E-state index contributed by atoms with van der Waals surface area (Å²) in [6.45, 7) is 2.09. The van der Waals surface area contributed by atoms with Crippen molar-refractivity contribution in [1.29, 1.82) is 0 Å². The molecule has 0 radical (unpaired) electrons. The molecule has 118 valence electrons. The van der Waals surface area contributed by atoms with Gasteiger partial charge in [-0.3, -0.25) is 14.6 Å². The number of hydrogen-bond acceptors (Lipinski definition) is 4. The topological polar surface area (TPSA) is 59.1 Å². The minimum absolute atomic E-state index is 0.0833. The van der Waals surface area contributed by atoms with Crippen molar-refractivity contribution in [2.45, 2.75) is 25.4 Å². The molecule has 0 N–H and O–H groups in total. The zero-order valence-electron chi connectivity index (χ0n) is 12.6. The maximum Gasteiger partial charge on any atom is 0.411 e. The number of rotatable bonds is 1. The summed E-state index contributed by atoms with van der Waals surface area (Å²) in [7, 11) is 2.96.